The molecule has 0 aromatic heterocycles. The third-order valence-corrected chi connectivity index (χ3v) is 3.40. The lowest BCUT2D eigenvalue weighted by molar-refractivity contribution is -0.131. The zero-order valence-electron chi connectivity index (χ0n) is 8.67. The predicted octanol–water partition coefficient (Wildman–Crippen LogP) is 1.84. The lowest BCUT2D eigenvalue weighted by Gasteiger charge is -2.31. The number of rotatable bonds is 0. The molecule has 1 amide bonds. The van der Waals surface area contributed by atoms with Gasteiger partial charge in [-0.3, -0.25) is 4.79 Å². The molecule has 1 aromatic rings. The predicted molar refractivity (Wildman–Crippen MR) is 55.6 cm³/mol. The van der Waals surface area contributed by atoms with Gasteiger partial charge in [0, 0.05) is 5.56 Å². The summed E-state index contributed by atoms with van der Waals surface area (Å²) in [4.78, 5) is 16.9. The summed E-state index contributed by atoms with van der Waals surface area (Å²) in [6.07, 6.45) is 3.11. The monoisotopic (exact) mass is 203 g/mol. The third-order valence-electron chi connectivity index (χ3n) is 3.40. The fraction of sp³-hybridized carbons (Fsp3) is 0.417. The van der Waals surface area contributed by atoms with E-state index in [1.165, 1.54) is 11.1 Å². The molecule has 3 heteroatoms. The standard InChI is InChI=1S/C12H13NO2/c1-7-5-6-10-11-8(7)3-2-4-9(11)12(14)13-15-10/h5-6,9H,2-4H2,1H3,(H,13,14). The van der Waals surface area contributed by atoms with Crippen molar-refractivity contribution in [3.8, 4) is 5.75 Å². The van der Waals surface area contributed by atoms with Gasteiger partial charge in [0.25, 0.3) is 5.91 Å². The normalized spacial score (nSPS) is 22.7. The van der Waals surface area contributed by atoms with E-state index in [0.29, 0.717) is 0 Å². The molecule has 1 N–H and O–H groups in total. The summed E-state index contributed by atoms with van der Waals surface area (Å²) in [5, 5.41) is 0. The summed E-state index contributed by atoms with van der Waals surface area (Å²) >= 11 is 0. The fourth-order valence-corrected chi connectivity index (χ4v) is 2.62. The first-order valence-corrected chi connectivity index (χ1v) is 5.36. The molecule has 0 bridgehead atoms. The Balaban J connectivity index is 2.25. The Bertz CT molecular complexity index is 439. The minimum atomic E-state index is 0.00838. The Labute approximate surface area is 88.4 Å². The highest BCUT2D eigenvalue weighted by Crippen LogP contribution is 2.41. The van der Waals surface area contributed by atoms with Gasteiger partial charge in [-0.05, 0) is 43.4 Å². The van der Waals surface area contributed by atoms with Crippen molar-refractivity contribution < 1.29 is 9.63 Å². The minimum Gasteiger partial charge on any atom is -0.379 e. The van der Waals surface area contributed by atoms with Gasteiger partial charge in [-0.25, -0.2) is 0 Å². The van der Waals surface area contributed by atoms with Crippen LogP contribution in [0.5, 0.6) is 5.75 Å². The average molecular weight is 203 g/mol. The maximum absolute atomic E-state index is 11.6. The number of carbonyl (C=O) groups excluding carboxylic acids is 1. The average Bonchev–Trinajstić information content (AvgIpc) is 2.27. The Morgan fingerprint density at radius 2 is 2.33 bits per heavy atom. The number of hydroxylamine groups is 1. The SMILES string of the molecule is Cc1ccc2c3c1CCCC3C(=O)NO2. The van der Waals surface area contributed by atoms with Crippen LogP contribution in [-0.4, -0.2) is 5.91 Å². The number of hydrogen-bond donors (Lipinski definition) is 1. The molecule has 0 saturated heterocycles. The molecule has 1 unspecified atom stereocenters. The van der Waals surface area contributed by atoms with Crippen LogP contribution in [0.15, 0.2) is 12.1 Å². The van der Waals surface area contributed by atoms with Gasteiger partial charge in [-0.1, -0.05) is 6.07 Å². The van der Waals surface area contributed by atoms with Crippen molar-refractivity contribution in [1.29, 1.82) is 0 Å². The summed E-state index contributed by atoms with van der Waals surface area (Å²) in [7, 11) is 0. The number of nitrogens with one attached hydrogen (secondary N) is 1. The second kappa shape index (κ2) is 2.99. The Kier molecular flexibility index (Phi) is 1.75. The van der Waals surface area contributed by atoms with Crippen molar-refractivity contribution >= 4 is 5.91 Å². The number of benzene rings is 1. The van der Waals surface area contributed by atoms with E-state index in [4.69, 9.17) is 4.84 Å². The fourth-order valence-electron chi connectivity index (χ4n) is 2.62. The second-order valence-electron chi connectivity index (χ2n) is 4.29. The highest BCUT2D eigenvalue weighted by atomic mass is 16.7. The molecule has 3 rings (SSSR count). The van der Waals surface area contributed by atoms with Gasteiger partial charge in [-0.2, -0.15) is 5.48 Å². The van der Waals surface area contributed by atoms with Gasteiger partial charge in [0.1, 0.15) is 0 Å². The van der Waals surface area contributed by atoms with Crippen molar-refractivity contribution in [3.05, 3.63) is 28.8 Å². The van der Waals surface area contributed by atoms with Crippen LogP contribution in [0, 0.1) is 6.92 Å². The maximum atomic E-state index is 11.6. The van der Waals surface area contributed by atoms with Gasteiger partial charge in [-0.15, -0.1) is 0 Å². The molecule has 0 fully saturated rings. The third kappa shape index (κ3) is 1.16. The first-order valence-electron chi connectivity index (χ1n) is 5.36. The van der Waals surface area contributed by atoms with Gasteiger partial charge < -0.3 is 4.84 Å². The van der Waals surface area contributed by atoms with Crippen molar-refractivity contribution in [2.75, 3.05) is 0 Å². The molecule has 0 radical (unpaired) electrons. The molecule has 3 nitrogen and oxygen atoms in total. The molecule has 1 aromatic carbocycles. The van der Waals surface area contributed by atoms with E-state index in [1.54, 1.807) is 0 Å². The van der Waals surface area contributed by atoms with Gasteiger partial charge in [0.2, 0.25) is 0 Å². The summed E-state index contributed by atoms with van der Waals surface area (Å²) in [6, 6.07) is 4.01. The van der Waals surface area contributed by atoms with E-state index in [0.717, 1.165) is 30.6 Å². The molecule has 2 aliphatic rings. The lowest BCUT2D eigenvalue weighted by Crippen LogP contribution is -2.38. The maximum Gasteiger partial charge on any atom is 0.260 e. The summed E-state index contributed by atoms with van der Waals surface area (Å²) in [5.41, 5.74) is 6.20. The number of amides is 1. The van der Waals surface area contributed by atoms with Gasteiger partial charge >= 0.3 is 0 Å². The summed E-state index contributed by atoms with van der Waals surface area (Å²) in [6.45, 7) is 2.10. The van der Waals surface area contributed by atoms with Crippen LogP contribution in [0.4, 0.5) is 0 Å². The van der Waals surface area contributed by atoms with E-state index >= 15 is 0 Å². The number of carbonyl (C=O) groups is 1. The van der Waals surface area contributed by atoms with Gasteiger partial charge in [0.05, 0.1) is 5.92 Å². The van der Waals surface area contributed by atoms with Crippen LogP contribution in [0.25, 0.3) is 0 Å². The summed E-state index contributed by atoms with van der Waals surface area (Å²) in [5.74, 6) is 0.853. The lowest BCUT2D eigenvalue weighted by atomic mass is 9.79. The second-order valence-corrected chi connectivity index (χ2v) is 4.29. The molecule has 78 valence electrons. The number of hydrogen-bond acceptors (Lipinski definition) is 2. The first kappa shape index (κ1) is 8.77. The largest absolute Gasteiger partial charge is 0.379 e. The molecule has 0 spiro atoms. The Morgan fingerprint density at radius 3 is 3.20 bits per heavy atom. The van der Waals surface area contributed by atoms with Gasteiger partial charge in [0.15, 0.2) is 5.75 Å². The molecule has 1 aliphatic carbocycles. The summed E-state index contributed by atoms with van der Waals surface area (Å²) < 4.78 is 0. The molecule has 15 heavy (non-hydrogen) atoms. The molecule has 0 saturated carbocycles. The highest BCUT2D eigenvalue weighted by Gasteiger charge is 2.34. The Morgan fingerprint density at radius 1 is 1.47 bits per heavy atom. The van der Waals surface area contributed by atoms with E-state index in [9.17, 15) is 4.79 Å². The van der Waals surface area contributed by atoms with Crippen molar-refractivity contribution in [1.82, 2.24) is 5.48 Å². The van der Waals surface area contributed by atoms with Crippen LogP contribution in [0.2, 0.25) is 0 Å². The Hall–Kier alpha value is -1.51. The molecule has 1 heterocycles. The van der Waals surface area contributed by atoms with Crippen molar-refractivity contribution in [2.24, 2.45) is 0 Å². The van der Waals surface area contributed by atoms with Crippen LogP contribution >= 0.6 is 0 Å². The van der Waals surface area contributed by atoms with E-state index in [2.05, 4.69) is 18.5 Å². The molecule has 1 atom stereocenters. The van der Waals surface area contributed by atoms with Crippen LogP contribution in [0.1, 0.15) is 35.4 Å². The van der Waals surface area contributed by atoms with E-state index < -0.39 is 0 Å². The molecular formula is C12H13NO2. The minimum absolute atomic E-state index is 0.00838. The first-order chi connectivity index (χ1) is 7.27. The zero-order chi connectivity index (χ0) is 10.4. The van der Waals surface area contributed by atoms with Crippen LogP contribution < -0.4 is 10.3 Å². The van der Waals surface area contributed by atoms with Crippen LogP contribution in [0.3, 0.4) is 0 Å². The topological polar surface area (TPSA) is 38.3 Å². The van der Waals surface area contributed by atoms with Crippen molar-refractivity contribution in [3.63, 3.8) is 0 Å². The van der Waals surface area contributed by atoms with Crippen LogP contribution in [-0.2, 0) is 11.2 Å². The molecule has 1 aliphatic heterocycles. The van der Waals surface area contributed by atoms with E-state index in [-0.39, 0.29) is 11.8 Å². The quantitative estimate of drug-likeness (QED) is 0.698. The smallest absolute Gasteiger partial charge is 0.260 e. The number of aryl methyl sites for hydroxylation is 1. The van der Waals surface area contributed by atoms with Crippen molar-refractivity contribution in [2.45, 2.75) is 32.1 Å². The molecular weight excluding hydrogens is 190 g/mol. The van der Waals surface area contributed by atoms with E-state index in [1.807, 2.05) is 6.07 Å². The zero-order valence-corrected chi connectivity index (χ0v) is 8.67. The highest BCUT2D eigenvalue weighted by molar-refractivity contribution is 5.86.